The smallest absolute Gasteiger partial charge is 0.278 e. The lowest BCUT2D eigenvalue weighted by atomic mass is 10.1. The van der Waals surface area contributed by atoms with Crippen LogP contribution < -0.4 is 16.4 Å². The fourth-order valence-electron chi connectivity index (χ4n) is 2.35. The van der Waals surface area contributed by atoms with Crippen molar-refractivity contribution in [2.45, 2.75) is 24.8 Å². The minimum atomic E-state index is -0.756. The van der Waals surface area contributed by atoms with Crippen LogP contribution in [0.4, 0.5) is 15.9 Å². The van der Waals surface area contributed by atoms with Gasteiger partial charge in [-0.2, -0.15) is 0 Å². The molecule has 0 aliphatic carbocycles. The maximum Gasteiger partial charge on any atom is 0.278 e. The van der Waals surface area contributed by atoms with E-state index in [2.05, 4.69) is 10.8 Å². The number of carbonyl (C=O) groups excluding carboxylic acids is 1. The zero-order chi connectivity index (χ0) is 20.1. The molecule has 0 spiro atoms. The summed E-state index contributed by atoms with van der Waals surface area (Å²) >= 11 is 1.40. The zero-order valence-electron chi connectivity index (χ0n) is 15.5. The fourth-order valence-corrected chi connectivity index (χ4v) is 2.78. The fraction of sp³-hybridized carbons (Fsp3) is 0.333. The monoisotopic (exact) mass is 395 g/mol. The van der Waals surface area contributed by atoms with E-state index in [1.54, 1.807) is 13.0 Å². The Bertz CT molecular complexity index is 899. The van der Waals surface area contributed by atoms with Gasteiger partial charge in [0.25, 0.3) is 11.5 Å². The Morgan fingerprint density at radius 2 is 2.11 bits per heavy atom. The number of hydrogen-bond acceptors (Lipinski definition) is 6. The number of aromatic nitrogens is 1. The maximum absolute atomic E-state index is 14.3. The number of carbonyl (C=O) groups is 1. The summed E-state index contributed by atoms with van der Waals surface area (Å²) in [6.07, 6.45) is 1.08. The van der Waals surface area contributed by atoms with Crippen molar-refractivity contribution in [2.75, 3.05) is 18.2 Å². The molecule has 7 nitrogen and oxygen atoms in total. The molecule has 1 heterocycles. The Balaban J connectivity index is 2.41. The summed E-state index contributed by atoms with van der Waals surface area (Å²) < 4.78 is 15.6. The Kier molecular flexibility index (Phi) is 7.00. The summed E-state index contributed by atoms with van der Waals surface area (Å²) in [4.78, 5) is 30.4. The van der Waals surface area contributed by atoms with E-state index in [1.165, 1.54) is 48.5 Å². The van der Waals surface area contributed by atoms with Crippen molar-refractivity contribution >= 4 is 29.2 Å². The van der Waals surface area contributed by atoms with Crippen molar-refractivity contribution in [3.8, 4) is 0 Å². The third-order valence-electron chi connectivity index (χ3n) is 3.76. The van der Waals surface area contributed by atoms with Gasteiger partial charge in [0.15, 0.2) is 0 Å². The van der Waals surface area contributed by atoms with Crippen LogP contribution in [0.2, 0.25) is 0 Å². The van der Waals surface area contributed by atoms with Crippen LogP contribution in [0.25, 0.3) is 0 Å². The molecule has 27 heavy (non-hydrogen) atoms. The number of aliphatic hydroxyl groups is 1. The first-order valence-corrected chi connectivity index (χ1v) is 9.38. The van der Waals surface area contributed by atoms with Crippen LogP contribution in [0, 0.1) is 12.7 Å². The second-order valence-corrected chi connectivity index (χ2v) is 6.90. The maximum atomic E-state index is 14.3. The molecule has 9 heteroatoms. The number of aliphatic hydroxyl groups excluding tert-OH is 1. The zero-order valence-corrected chi connectivity index (χ0v) is 16.3. The molecule has 3 N–H and O–H groups in total. The number of rotatable bonds is 7. The lowest BCUT2D eigenvalue weighted by Gasteiger charge is -2.17. The van der Waals surface area contributed by atoms with Gasteiger partial charge in [0.1, 0.15) is 18.2 Å². The lowest BCUT2D eigenvalue weighted by molar-refractivity contribution is -0.00685. The summed E-state index contributed by atoms with van der Waals surface area (Å²) in [5.41, 5.74) is 2.48. The van der Waals surface area contributed by atoms with Crippen LogP contribution in [0.15, 0.2) is 34.0 Å². The first kappa shape index (κ1) is 20.9. The number of hydroxylamine groups is 1. The summed E-state index contributed by atoms with van der Waals surface area (Å²) in [5.74, 6) is -1.01. The summed E-state index contributed by atoms with van der Waals surface area (Å²) in [7, 11) is 1.49. The van der Waals surface area contributed by atoms with Gasteiger partial charge in [-0.3, -0.25) is 19.0 Å². The van der Waals surface area contributed by atoms with E-state index in [0.717, 1.165) is 4.90 Å². The van der Waals surface area contributed by atoms with Crippen molar-refractivity contribution in [1.82, 2.24) is 10.0 Å². The van der Waals surface area contributed by atoms with Gasteiger partial charge in [-0.15, -0.1) is 11.8 Å². The molecule has 0 radical (unpaired) electrons. The van der Waals surface area contributed by atoms with Gasteiger partial charge in [0.05, 0.1) is 17.4 Å². The Morgan fingerprint density at radius 1 is 1.41 bits per heavy atom. The van der Waals surface area contributed by atoms with Crippen molar-refractivity contribution in [3.05, 3.63) is 51.6 Å². The Labute approximate surface area is 160 Å². The van der Waals surface area contributed by atoms with Crippen LogP contribution in [0.1, 0.15) is 22.8 Å². The van der Waals surface area contributed by atoms with Crippen molar-refractivity contribution in [1.29, 1.82) is 0 Å². The highest BCUT2D eigenvalue weighted by Crippen LogP contribution is 2.26. The van der Waals surface area contributed by atoms with Gasteiger partial charge < -0.3 is 10.4 Å². The number of thioether (sulfide) groups is 1. The van der Waals surface area contributed by atoms with Gasteiger partial charge in [0.2, 0.25) is 0 Å². The third kappa shape index (κ3) is 5.09. The van der Waals surface area contributed by atoms with E-state index in [9.17, 15) is 19.1 Å². The van der Waals surface area contributed by atoms with Gasteiger partial charge in [-0.25, -0.2) is 9.87 Å². The number of nitrogens with zero attached hydrogens (tertiary/aromatic N) is 1. The predicted molar refractivity (Wildman–Crippen MR) is 103 cm³/mol. The second kappa shape index (κ2) is 9.03. The van der Waals surface area contributed by atoms with Crippen molar-refractivity contribution in [3.63, 3.8) is 0 Å². The second-order valence-electron chi connectivity index (χ2n) is 6.02. The molecule has 1 aromatic carbocycles. The average Bonchev–Trinajstić information content (AvgIpc) is 2.62. The van der Waals surface area contributed by atoms with Crippen LogP contribution in [0.3, 0.4) is 0 Å². The molecule has 0 fully saturated rings. The summed E-state index contributed by atoms with van der Waals surface area (Å²) in [5, 5.41) is 12.0. The molecule has 1 atom stereocenters. The number of pyridine rings is 1. The third-order valence-corrected chi connectivity index (χ3v) is 4.48. The Morgan fingerprint density at radius 3 is 2.70 bits per heavy atom. The molecule has 0 aliphatic heterocycles. The normalized spacial score (nSPS) is 11.9. The van der Waals surface area contributed by atoms with E-state index >= 15 is 0 Å². The molecule has 1 unspecified atom stereocenters. The average molecular weight is 395 g/mol. The molecule has 0 saturated carbocycles. The first-order chi connectivity index (χ1) is 12.7. The largest absolute Gasteiger partial charge is 0.391 e. The highest BCUT2D eigenvalue weighted by atomic mass is 32.2. The molecule has 2 rings (SSSR count). The quantitative estimate of drug-likeness (QED) is 0.492. The van der Waals surface area contributed by atoms with E-state index in [1.807, 2.05) is 6.26 Å². The highest BCUT2D eigenvalue weighted by molar-refractivity contribution is 7.98. The molecule has 0 aliphatic rings. The molecule has 2 aromatic rings. The van der Waals surface area contributed by atoms with E-state index < -0.39 is 17.8 Å². The molecule has 1 aromatic heterocycles. The minimum absolute atomic E-state index is 0.0932. The van der Waals surface area contributed by atoms with Gasteiger partial charge in [0, 0.05) is 17.5 Å². The number of anilines is 2. The van der Waals surface area contributed by atoms with Crippen molar-refractivity contribution < 1.29 is 19.1 Å². The lowest BCUT2D eigenvalue weighted by Crippen LogP contribution is -2.31. The molecular weight excluding hydrogens is 373 g/mol. The standard InChI is InChI=1S/C18H22FN3O4S/c1-10-7-13(17(24)21-26-9-11(2)23)16(22(3)18(10)25)20-15-6-5-12(27-4)8-14(15)19/h5-8,11,20,23H,9H2,1-4H3,(H,21,24). The molecule has 1 amide bonds. The molecular formula is C18H22FN3O4S. The number of aryl methyl sites for hydroxylation is 1. The highest BCUT2D eigenvalue weighted by Gasteiger charge is 2.19. The first-order valence-electron chi connectivity index (χ1n) is 8.16. The van der Waals surface area contributed by atoms with E-state index in [-0.39, 0.29) is 29.2 Å². The van der Waals surface area contributed by atoms with E-state index in [4.69, 9.17) is 4.84 Å². The predicted octanol–water partition coefficient (Wildman–Crippen LogP) is 2.34. The summed E-state index contributed by atoms with van der Waals surface area (Å²) in [6, 6.07) is 6.04. The van der Waals surface area contributed by atoms with Gasteiger partial charge in [-0.05, 0) is 44.4 Å². The van der Waals surface area contributed by atoms with E-state index in [0.29, 0.717) is 5.56 Å². The SMILES string of the molecule is CSc1ccc(Nc2c(C(=O)NOCC(C)O)cc(C)c(=O)n2C)c(F)c1. The molecule has 146 valence electrons. The number of halogens is 1. The van der Waals surface area contributed by atoms with Crippen LogP contribution in [0.5, 0.6) is 0 Å². The van der Waals surface area contributed by atoms with Crippen LogP contribution >= 0.6 is 11.8 Å². The van der Waals surface area contributed by atoms with Gasteiger partial charge >= 0.3 is 0 Å². The number of amides is 1. The number of hydrogen-bond donors (Lipinski definition) is 3. The van der Waals surface area contributed by atoms with Gasteiger partial charge in [-0.1, -0.05) is 0 Å². The van der Waals surface area contributed by atoms with Crippen LogP contribution in [-0.4, -0.2) is 34.5 Å². The number of nitrogens with one attached hydrogen (secondary N) is 2. The molecule has 0 bridgehead atoms. The topological polar surface area (TPSA) is 92.6 Å². The molecule has 0 saturated heterocycles. The number of benzene rings is 1. The summed E-state index contributed by atoms with van der Waals surface area (Å²) in [6.45, 7) is 2.99. The van der Waals surface area contributed by atoms with Crippen molar-refractivity contribution in [2.24, 2.45) is 7.05 Å². The van der Waals surface area contributed by atoms with Crippen LogP contribution in [-0.2, 0) is 11.9 Å². The minimum Gasteiger partial charge on any atom is -0.391 e. The Hall–Kier alpha value is -2.36.